The van der Waals surface area contributed by atoms with Crippen LogP contribution in [0.3, 0.4) is 0 Å². The molecular formula is C15H15N3O3. The van der Waals surface area contributed by atoms with Crippen LogP contribution >= 0.6 is 0 Å². The number of aryl methyl sites for hydroxylation is 1. The van der Waals surface area contributed by atoms with Crippen LogP contribution in [-0.2, 0) is 0 Å². The predicted molar refractivity (Wildman–Crippen MR) is 78.1 cm³/mol. The number of hydrogen-bond donors (Lipinski definition) is 1. The van der Waals surface area contributed by atoms with Crippen LogP contribution in [0.2, 0.25) is 0 Å². The van der Waals surface area contributed by atoms with Gasteiger partial charge in [-0.2, -0.15) is 5.10 Å². The van der Waals surface area contributed by atoms with E-state index in [-0.39, 0.29) is 11.3 Å². The topological polar surface area (TPSA) is 84.6 Å². The first-order valence-electron chi connectivity index (χ1n) is 6.85. The van der Waals surface area contributed by atoms with E-state index in [1.54, 1.807) is 19.1 Å². The number of nitrogens with zero attached hydrogens (tertiary/aromatic N) is 2. The lowest BCUT2D eigenvalue weighted by molar-refractivity contribution is -0.385. The maximum absolute atomic E-state index is 12.0. The number of fused-ring (bicyclic) bond motifs is 1. The Morgan fingerprint density at radius 2 is 2.29 bits per heavy atom. The molecule has 1 aromatic carbocycles. The summed E-state index contributed by atoms with van der Waals surface area (Å²) < 4.78 is 0. The van der Waals surface area contributed by atoms with Gasteiger partial charge in [-0.3, -0.25) is 14.9 Å². The van der Waals surface area contributed by atoms with Gasteiger partial charge in [-0.25, -0.2) is 5.43 Å². The number of nitro groups is 1. The molecule has 108 valence electrons. The average Bonchev–Trinajstić information content (AvgIpc) is 2.80. The molecule has 1 aromatic rings. The second-order valence-electron chi connectivity index (χ2n) is 5.44. The first kappa shape index (κ1) is 13.5. The number of nitrogens with one attached hydrogen (secondary N) is 1. The molecule has 3 rings (SSSR count). The molecule has 1 fully saturated rings. The highest BCUT2D eigenvalue weighted by atomic mass is 16.6. The van der Waals surface area contributed by atoms with Crippen molar-refractivity contribution in [3.63, 3.8) is 0 Å². The quantitative estimate of drug-likeness (QED) is 0.526. The van der Waals surface area contributed by atoms with E-state index >= 15 is 0 Å². The Morgan fingerprint density at radius 3 is 3.00 bits per heavy atom. The van der Waals surface area contributed by atoms with Gasteiger partial charge in [0, 0.05) is 28.8 Å². The van der Waals surface area contributed by atoms with Gasteiger partial charge >= 0.3 is 0 Å². The Labute approximate surface area is 121 Å². The second kappa shape index (κ2) is 5.12. The largest absolute Gasteiger partial charge is 0.273 e. The van der Waals surface area contributed by atoms with Gasteiger partial charge in [0.05, 0.1) is 4.92 Å². The molecule has 2 atom stereocenters. The third-order valence-corrected chi connectivity index (χ3v) is 4.13. The van der Waals surface area contributed by atoms with Gasteiger partial charge in [0.15, 0.2) is 0 Å². The van der Waals surface area contributed by atoms with Crippen LogP contribution in [0.25, 0.3) is 0 Å². The van der Waals surface area contributed by atoms with Crippen molar-refractivity contribution in [2.45, 2.75) is 19.8 Å². The molecule has 0 heterocycles. The molecule has 2 aliphatic carbocycles. The molecule has 2 aliphatic rings. The van der Waals surface area contributed by atoms with Crippen molar-refractivity contribution in [1.29, 1.82) is 0 Å². The van der Waals surface area contributed by atoms with Crippen molar-refractivity contribution in [2.24, 2.45) is 16.9 Å². The van der Waals surface area contributed by atoms with Crippen LogP contribution in [0, 0.1) is 28.9 Å². The van der Waals surface area contributed by atoms with Gasteiger partial charge < -0.3 is 0 Å². The fourth-order valence-corrected chi connectivity index (χ4v) is 2.80. The highest BCUT2D eigenvalue weighted by molar-refractivity contribution is 5.98. The Kier molecular flexibility index (Phi) is 3.29. The summed E-state index contributed by atoms with van der Waals surface area (Å²) in [6.07, 6.45) is 6.20. The monoisotopic (exact) mass is 285 g/mol. The van der Waals surface area contributed by atoms with Gasteiger partial charge in [-0.15, -0.1) is 0 Å². The summed E-state index contributed by atoms with van der Waals surface area (Å²) in [6.45, 7) is 1.64. The fraction of sp³-hybridized carbons (Fsp3) is 0.333. The summed E-state index contributed by atoms with van der Waals surface area (Å²) in [4.78, 5) is 22.4. The number of amides is 1. The number of carbonyl (C=O) groups is 1. The number of benzene rings is 1. The highest BCUT2D eigenvalue weighted by Crippen LogP contribution is 2.40. The Morgan fingerprint density at radius 1 is 1.48 bits per heavy atom. The summed E-state index contributed by atoms with van der Waals surface area (Å²) >= 11 is 0. The van der Waals surface area contributed by atoms with E-state index in [1.807, 2.05) is 0 Å². The summed E-state index contributed by atoms with van der Waals surface area (Å²) in [6, 6.07) is 4.42. The Bertz CT molecular complexity index is 679. The molecule has 0 aliphatic heterocycles. The van der Waals surface area contributed by atoms with Gasteiger partial charge in [0.25, 0.3) is 11.6 Å². The first-order valence-corrected chi connectivity index (χ1v) is 6.85. The molecule has 0 saturated heterocycles. The van der Waals surface area contributed by atoms with Gasteiger partial charge in [0.1, 0.15) is 0 Å². The van der Waals surface area contributed by atoms with E-state index in [0.717, 1.165) is 18.6 Å². The molecule has 6 nitrogen and oxygen atoms in total. The number of carbonyl (C=O) groups excluding carboxylic acids is 1. The smallest absolute Gasteiger partial charge is 0.267 e. The zero-order valence-corrected chi connectivity index (χ0v) is 11.6. The predicted octanol–water partition coefficient (Wildman–Crippen LogP) is 2.59. The van der Waals surface area contributed by atoms with E-state index in [4.69, 9.17) is 0 Å². The fourth-order valence-electron chi connectivity index (χ4n) is 2.80. The van der Waals surface area contributed by atoms with Crippen molar-refractivity contribution >= 4 is 17.3 Å². The third kappa shape index (κ3) is 2.44. The lowest BCUT2D eigenvalue weighted by Crippen LogP contribution is -2.35. The van der Waals surface area contributed by atoms with Gasteiger partial charge in [-0.1, -0.05) is 18.2 Å². The van der Waals surface area contributed by atoms with Gasteiger partial charge in [0.2, 0.25) is 0 Å². The van der Waals surface area contributed by atoms with E-state index in [2.05, 4.69) is 22.7 Å². The molecule has 6 heteroatoms. The number of hydrogen-bond acceptors (Lipinski definition) is 4. The van der Waals surface area contributed by atoms with Gasteiger partial charge in [-0.05, 0) is 31.7 Å². The molecule has 1 amide bonds. The molecule has 1 N–H and O–H groups in total. The number of nitro benzene ring substituents is 1. The number of hydrazone groups is 1. The summed E-state index contributed by atoms with van der Waals surface area (Å²) in [5.74, 6) is 0.582. The highest BCUT2D eigenvalue weighted by Gasteiger charge is 2.38. The lowest BCUT2D eigenvalue weighted by Gasteiger charge is -2.31. The van der Waals surface area contributed by atoms with E-state index < -0.39 is 10.8 Å². The Balaban J connectivity index is 1.70. The molecule has 0 spiro atoms. The van der Waals surface area contributed by atoms with Crippen LogP contribution in [0.15, 0.2) is 35.5 Å². The zero-order valence-electron chi connectivity index (χ0n) is 11.6. The molecule has 0 radical (unpaired) electrons. The Hall–Kier alpha value is -2.50. The van der Waals surface area contributed by atoms with E-state index in [9.17, 15) is 14.9 Å². The minimum atomic E-state index is -0.487. The van der Waals surface area contributed by atoms with Crippen LogP contribution in [0.5, 0.6) is 0 Å². The number of allylic oxidation sites excluding steroid dienone is 2. The third-order valence-electron chi connectivity index (χ3n) is 4.13. The second-order valence-corrected chi connectivity index (χ2v) is 5.44. The first-order chi connectivity index (χ1) is 10.1. The molecule has 0 unspecified atom stereocenters. The van der Waals surface area contributed by atoms with Crippen molar-refractivity contribution < 1.29 is 9.72 Å². The van der Waals surface area contributed by atoms with Crippen molar-refractivity contribution in [3.8, 4) is 0 Å². The van der Waals surface area contributed by atoms with Crippen LogP contribution < -0.4 is 5.43 Å². The SMILES string of the molecule is Cc1ccc(C(=O)N/N=C2\C[C@@H]3C=CC[C@H]23)cc1[N+](=O)[O-]. The normalized spacial score (nSPS) is 24.5. The average molecular weight is 285 g/mol. The zero-order chi connectivity index (χ0) is 15.0. The number of rotatable bonds is 3. The minimum absolute atomic E-state index is 0.0565. The molecule has 1 saturated carbocycles. The van der Waals surface area contributed by atoms with Crippen LogP contribution in [0.4, 0.5) is 5.69 Å². The maximum Gasteiger partial charge on any atom is 0.273 e. The molecule has 0 bridgehead atoms. The molecular weight excluding hydrogens is 270 g/mol. The maximum atomic E-state index is 12.0. The van der Waals surface area contributed by atoms with Crippen LogP contribution in [-0.4, -0.2) is 16.5 Å². The van der Waals surface area contributed by atoms with Crippen molar-refractivity contribution in [1.82, 2.24) is 5.43 Å². The standard InChI is InChI=1S/C15H15N3O3/c1-9-5-6-11(8-14(9)18(20)21)15(19)17-16-13-7-10-3-2-4-12(10)13/h2-3,5-6,8,10,12H,4,7H2,1H3,(H,17,19)/b16-13+/t10-,12-/m0/s1. The molecule has 0 aromatic heterocycles. The van der Waals surface area contributed by atoms with E-state index in [1.165, 1.54) is 6.07 Å². The molecule has 21 heavy (non-hydrogen) atoms. The van der Waals surface area contributed by atoms with Crippen molar-refractivity contribution in [3.05, 3.63) is 51.6 Å². The van der Waals surface area contributed by atoms with Crippen LogP contribution in [0.1, 0.15) is 28.8 Å². The lowest BCUT2D eigenvalue weighted by atomic mass is 9.74. The summed E-state index contributed by atoms with van der Waals surface area (Å²) in [5.41, 5.74) is 4.22. The minimum Gasteiger partial charge on any atom is -0.267 e. The summed E-state index contributed by atoms with van der Waals surface area (Å²) in [7, 11) is 0. The summed E-state index contributed by atoms with van der Waals surface area (Å²) in [5, 5.41) is 15.0. The van der Waals surface area contributed by atoms with Crippen molar-refractivity contribution in [2.75, 3.05) is 0 Å². The van der Waals surface area contributed by atoms with E-state index in [0.29, 0.717) is 17.4 Å².